The van der Waals surface area contributed by atoms with Crippen LogP contribution in [0.3, 0.4) is 0 Å². The van der Waals surface area contributed by atoms with Gasteiger partial charge in [-0.2, -0.15) is 0 Å². The third-order valence-corrected chi connectivity index (χ3v) is 5.30. The van der Waals surface area contributed by atoms with E-state index < -0.39 is 0 Å². The topological polar surface area (TPSA) is 55.5 Å². The normalized spacial score (nSPS) is 24.2. The maximum absolute atomic E-state index is 12.4. The van der Waals surface area contributed by atoms with Gasteiger partial charge in [0, 0.05) is 64.6 Å². The first kappa shape index (κ1) is 17.3. The van der Waals surface area contributed by atoms with Crippen molar-refractivity contribution in [1.29, 1.82) is 0 Å². The Morgan fingerprint density at radius 2 is 2.17 bits per heavy atom. The molecule has 2 bridgehead atoms. The van der Waals surface area contributed by atoms with Crippen LogP contribution in [0.4, 0.5) is 4.79 Å². The minimum Gasteiger partial charge on any atom is -0.345 e. The van der Waals surface area contributed by atoms with Gasteiger partial charge in [0.25, 0.3) is 0 Å². The van der Waals surface area contributed by atoms with E-state index in [1.165, 1.54) is 31.4 Å². The van der Waals surface area contributed by atoms with E-state index in [9.17, 15) is 4.79 Å². The van der Waals surface area contributed by atoms with Crippen molar-refractivity contribution in [2.45, 2.75) is 51.6 Å². The third kappa shape index (κ3) is 3.91. The number of nitrogens with zero attached hydrogens (tertiary/aromatic N) is 4. The van der Waals surface area contributed by atoms with Gasteiger partial charge in [-0.3, -0.25) is 4.90 Å². The summed E-state index contributed by atoms with van der Waals surface area (Å²) in [6.45, 7) is 5.97. The van der Waals surface area contributed by atoms with Crippen LogP contribution in [0.15, 0.2) is 6.20 Å². The Balaban J connectivity index is 1.63. The van der Waals surface area contributed by atoms with Gasteiger partial charge in [0.15, 0.2) is 0 Å². The zero-order valence-electron chi connectivity index (χ0n) is 15.3. The molecule has 4 rings (SSSR count). The highest BCUT2D eigenvalue weighted by Crippen LogP contribution is 2.29. The summed E-state index contributed by atoms with van der Waals surface area (Å²) in [6, 6.07) is 0.618. The number of hydrogen-bond donors (Lipinski definition) is 1. The molecule has 6 nitrogen and oxygen atoms in total. The molecule has 24 heavy (non-hydrogen) atoms. The second kappa shape index (κ2) is 7.55. The number of aromatic nitrogens is 2. The van der Waals surface area contributed by atoms with Crippen molar-refractivity contribution in [3.63, 3.8) is 0 Å². The molecule has 2 amide bonds. The van der Waals surface area contributed by atoms with Gasteiger partial charge in [0.05, 0.1) is 0 Å². The fourth-order valence-electron chi connectivity index (χ4n) is 3.99. The van der Waals surface area contributed by atoms with Crippen LogP contribution in [0.1, 0.15) is 44.1 Å². The third-order valence-electron chi connectivity index (χ3n) is 5.30. The lowest BCUT2D eigenvalue weighted by Crippen LogP contribution is -2.45. The monoisotopic (exact) mass is 333 g/mol. The summed E-state index contributed by atoms with van der Waals surface area (Å²) in [5.74, 6) is 1.70. The summed E-state index contributed by atoms with van der Waals surface area (Å²) in [5, 5.41) is 0. The fourth-order valence-corrected chi connectivity index (χ4v) is 3.99. The zero-order valence-corrected chi connectivity index (χ0v) is 15.3. The van der Waals surface area contributed by atoms with Crippen molar-refractivity contribution in [2.75, 3.05) is 33.7 Å². The van der Waals surface area contributed by atoms with E-state index in [2.05, 4.69) is 21.8 Å². The molecule has 0 spiro atoms. The molecular weight excluding hydrogens is 302 g/mol. The molecule has 1 N–H and O–H groups in total. The van der Waals surface area contributed by atoms with Crippen LogP contribution in [-0.2, 0) is 13.0 Å². The lowest BCUT2D eigenvalue weighted by Gasteiger charge is -2.35. The number of unbranched alkanes of at least 4 members (excludes halogenated alkanes) is 1. The summed E-state index contributed by atoms with van der Waals surface area (Å²) < 4.78 is 0. The van der Waals surface area contributed by atoms with Crippen LogP contribution in [0.25, 0.3) is 0 Å². The lowest BCUT2D eigenvalue weighted by molar-refractivity contribution is 0.121. The molecule has 3 fully saturated rings. The van der Waals surface area contributed by atoms with Crippen LogP contribution in [0, 0.1) is 5.92 Å². The molecule has 3 aliphatic heterocycles. The van der Waals surface area contributed by atoms with Crippen LogP contribution in [0.2, 0.25) is 0 Å². The number of imidazole rings is 1. The Labute approximate surface area is 145 Å². The van der Waals surface area contributed by atoms with Gasteiger partial charge in [-0.1, -0.05) is 13.3 Å². The number of rotatable bonds is 5. The van der Waals surface area contributed by atoms with Crippen LogP contribution < -0.4 is 0 Å². The number of hydrogen-bond acceptors (Lipinski definition) is 3. The van der Waals surface area contributed by atoms with Crippen LogP contribution in [0.5, 0.6) is 0 Å². The minimum absolute atomic E-state index is 0.150. The number of urea groups is 1. The average molecular weight is 333 g/mol. The first-order chi connectivity index (χ1) is 11.6. The maximum Gasteiger partial charge on any atom is 0.319 e. The minimum atomic E-state index is 0.150. The molecule has 1 aromatic heterocycles. The summed E-state index contributed by atoms with van der Waals surface area (Å²) in [5.41, 5.74) is 1.21. The fraction of sp³-hybridized carbons (Fsp3) is 0.778. The highest BCUT2D eigenvalue weighted by molar-refractivity contribution is 5.74. The number of aryl methyl sites for hydroxylation is 1. The molecule has 3 aliphatic rings. The van der Waals surface area contributed by atoms with Crippen molar-refractivity contribution in [1.82, 2.24) is 24.7 Å². The molecule has 2 atom stereocenters. The van der Waals surface area contributed by atoms with Gasteiger partial charge < -0.3 is 14.8 Å². The van der Waals surface area contributed by atoms with Crippen molar-refractivity contribution in [3.8, 4) is 0 Å². The Bertz CT molecular complexity index is 555. The number of amides is 2. The Kier molecular flexibility index (Phi) is 5.43. The molecule has 6 heteroatoms. The van der Waals surface area contributed by atoms with Gasteiger partial charge in [-0.05, 0) is 25.2 Å². The number of aromatic amines is 1. The predicted molar refractivity (Wildman–Crippen MR) is 94.8 cm³/mol. The van der Waals surface area contributed by atoms with Crippen molar-refractivity contribution in [3.05, 3.63) is 17.7 Å². The lowest BCUT2D eigenvalue weighted by atomic mass is 9.95. The van der Waals surface area contributed by atoms with E-state index in [0.29, 0.717) is 12.0 Å². The Morgan fingerprint density at radius 3 is 2.92 bits per heavy atom. The predicted octanol–water partition coefficient (Wildman–Crippen LogP) is 2.33. The number of H-pyrrole nitrogens is 1. The number of fused-ring (bicyclic) bond motifs is 4. The second-order valence-electron chi connectivity index (χ2n) is 7.57. The first-order valence-corrected chi connectivity index (χ1v) is 9.29. The summed E-state index contributed by atoms with van der Waals surface area (Å²) >= 11 is 0. The Morgan fingerprint density at radius 1 is 1.33 bits per heavy atom. The van der Waals surface area contributed by atoms with Crippen molar-refractivity contribution < 1.29 is 4.79 Å². The van der Waals surface area contributed by atoms with Gasteiger partial charge in [0.1, 0.15) is 5.82 Å². The molecule has 0 radical (unpaired) electrons. The number of nitrogens with one attached hydrogen (secondary N) is 1. The molecule has 4 heterocycles. The number of carbonyl (C=O) groups is 1. The largest absolute Gasteiger partial charge is 0.345 e. The zero-order chi connectivity index (χ0) is 17.1. The first-order valence-electron chi connectivity index (χ1n) is 9.29. The summed E-state index contributed by atoms with van der Waals surface area (Å²) in [6.07, 6.45) is 7.84. The molecule has 3 saturated heterocycles. The van der Waals surface area contributed by atoms with Crippen LogP contribution in [-0.4, -0.2) is 70.5 Å². The SMILES string of the molecule is CCCCc1ncc(CN2C[C@@H]3CC[C@H]2CN(C(=O)N(C)C)C3)[nH]1. The van der Waals surface area contributed by atoms with Gasteiger partial charge in [-0.25, -0.2) is 9.78 Å². The average Bonchev–Trinajstić information content (AvgIpc) is 2.81. The quantitative estimate of drug-likeness (QED) is 0.900. The van der Waals surface area contributed by atoms with E-state index in [-0.39, 0.29) is 6.03 Å². The molecule has 0 aromatic carbocycles. The van der Waals surface area contributed by atoms with Gasteiger partial charge >= 0.3 is 6.03 Å². The molecule has 0 saturated carbocycles. The highest BCUT2D eigenvalue weighted by atomic mass is 16.2. The second-order valence-corrected chi connectivity index (χ2v) is 7.57. The van der Waals surface area contributed by atoms with E-state index in [4.69, 9.17) is 0 Å². The van der Waals surface area contributed by atoms with Crippen molar-refractivity contribution in [2.24, 2.45) is 5.92 Å². The number of piperidine rings is 1. The van der Waals surface area contributed by atoms with E-state index in [1.54, 1.807) is 4.90 Å². The van der Waals surface area contributed by atoms with E-state index in [0.717, 1.165) is 38.4 Å². The Hall–Kier alpha value is -1.56. The molecule has 0 unspecified atom stereocenters. The van der Waals surface area contributed by atoms with Crippen LogP contribution >= 0.6 is 0 Å². The van der Waals surface area contributed by atoms with Crippen molar-refractivity contribution >= 4 is 6.03 Å². The number of carbonyl (C=O) groups excluding carboxylic acids is 1. The van der Waals surface area contributed by atoms with E-state index in [1.807, 2.05) is 25.2 Å². The molecule has 134 valence electrons. The maximum atomic E-state index is 12.4. The molecular formula is C18H31N5O. The molecule has 1 aromatic rings. The van der Waals surface area contributed by atoms with Gasteiger partial charge in [0.2, 0.25) is 0 Å². The summed E-state index contributed by atoms with van der Waals surface area (Å²) in [4.78, 5) is 26.7. The smallest absolute Gasteiger partial charge is 0.319 e. The van der Waals surface area contributed by atoms with E-state index >= 15 is 0 Å². The highest BCUT2D eigenvalue weighted by Gasteiger charge is 2.36. The molecule has 0 aliphatic carbocycles. The van der Waals surface area contributed by atoms with Gasteiger partial charge in [-0.15, -0.1) is 0 Å². The summed E-state index contributed by atoms with van der Waals surface area (Å²) in [7, 11) is 3.69. The standard InChI is InChI=1S/C18H31N5O/c1-4-5-6-17-19-9-15(20-17)12-22-10-14-7-8-16(22)13-23(11-14)18(24)21(2)3/h9,14,16H,4-8,10-13H2,1-3H3,(H,19,20)/t14-,16-/m0/s1.